The molecule has 0 aromatic carbocycles. The molecule has 9 nitrogen and oxygen atoms in total. The van der Waals surface area contributed by atoms with E-state index < -0.39 is 34.9 Å². The Balaban J connectivity index is 1.78. The Morgan fingerprint density at radius 1 is 1.62 bits per heavy atom. The first-order chi connectivity index (χ1) is 11.4. The molecule has 0 bridgehead atoms. The first-order valence-electron chi connectivity index (χ1n) is 7.07. The van der Waals surface area contributed by atoms with Gasteiger partial charge in [-0.3, -0.25) is 9.59 Å². The van der Waals surface area contributed by atoms with Crippen molar-refractivity contribution in [2.75, 3.05) is 12.9 Å². The van der Waals surface area contributed by atoms with Gasteiger partial charge < -0.3 is 24.6 Å². The maximum absolute atomic E-state index is 12.6. The molecule has 128 valence electrons. The van der Waals surface area contributed by atoms with Gasteiger partial charge in [0, 0.05) is 25.3 Å². The second kappa shape index (κ2) is 5.95. The van der Waals surface area contributed by atoms with Gasteiger partial charge in [0.05, 0.1) is 6.33 Å². The van der Waals surface area contributed by atoms with E-state index in [0.717, 1.165) is 0 Å². The number of fused-ring (bicyclic) bond motifs is 1. The molecule has 2 fully saturated rings. The van der Waals surface area contributed by atoms with E-state index in [1.807, 2.05) is 0 Å². The van der Waals surface area contributed by atoms with Crippen molar-refractivity contribution in [1.82, 2.24) is 19.8 Å². The fraction of sp³-hybridized carbons (Fsp3) is 0.429. The number of hydrogen-bond donors (Lipinski definition) is 2. The normalized spacial score (nSPS) is 29.0. The van der Waals surface area contributed by atoms with Crippen LogP contribution in [0.2, 0.25) is 0 Å². The Labute approximate surface area is 141 Å². The van der Waals surface area contributed by atoms with Crippen LogP contribution in [0.3, 0.4) is 0 Å². The third-order valence-corrected chi connectivity index (χ3v) is 5.42. The molecule has 2 amide bonds. The molecule has 2 unspecified atom stereocenters. The first-order valence-corrected chi connectivity index (χ1v) is 8.12. The van der Waals surface area contributed by atoms with Crippen LogP contribution < -0.4 is 5.32 Å². The van der Waals surface area contributed by atoms with Crippen LogP contribution >= 0.6 is 11.8 Å². The number of carboxylic acid groups (broad SMARTS) is 1. The standard InChI is InChI=1S/C14H16N4O5S/c1-8-6-24-13-14(23-2,12(22)18(13)10(8)11(20)21)16-9(19)5-17-4-3-15-7-17/h3-4,7,10,13H,1,5-6H2,2H3,(H,16,19)(H,20,21)/t10?,13-,14?/m1/s1. The topological polar surface area (TPSA) is 114 Å². The minimum atomic E-state index is -1.56. The van der Waals surface area contributed by atoms with Gasteiger partial charge in [0.15, 0.2) is 6.04 Å². The molecule has 2 aliphatic rings. The van der Waals surface area contributed by atoms with Crippen LogP contribution in [0.25, 0.3) is 0 Å². The third kappa shape index (κ3) is 2.38. The Hall–Kier alpha value is -2.33. The Kier molecular flexibility index (Phi) is 4.10. The SMILES string of the molecule is C=C1CS[C@H]2N(C(=O)C2(NC(=O)Cn2ccnc2)OC)C1C(=O)O. The average molecular weight is 352 g/mol. The second-order valence-corrected chi connectivity index (χ2v) is 6.57. The number of nitrogens with zero attached hydrogens (tertiary/aromatic N) is 3. The molecule has 10 heteroatoms. The molecule has 0 saturated carbocycles. The number of carboxylic acids is 1. The van der Waals surface area contributed by atoms with Gasteiger partial charge in [-0.15, -0.1) is 11.8 Å². The first kappa shape index (κ1) is 16.5. The predicted octanol–water partition coefficient (Wildman–Crippen LogP) is -0.733. The maximum Gasteiger partial charge on any atom is 0.330 e. The third-order valence-electron chi connectivity index (χ3n) is 4.01. The number of carbonyl (C=O) groups excluding carboxylic acids is 2. The highest BCUT2D eigenvalue weighted by atomic mass is 32.2. The Bertz CT molecular complexity index is 706. The average Bonchev–Trinajstić information content (AvgIpc) is 3.04. The summed E-state index contributed by atoms with van der Waals surface area (Å²) in [5.74, 6) is -1.80. The number of hydrogen-bond acceptors (Lipinski definition) is 6. The summed E-state index contributed by atoms with van der Waals surface area (Å²) in [6, 6.07) is -1.10. The number of ether oxygens (including phenoxy) is 1. The highest BCUT2D eigenvalue weighted by molar-refractivity contribution is 8.00. The van der Waals surface area contributed by atoms with E-state index in [9.17, 15) is 19.5 Å². The van der Waals surface area contributed by atoms with Crippen LogP contribution in [0.5, 0.6) is 0 Å². The number of carbonyl (C=O) groups is 3. The summed E-state index contributed by atoms with van der Waals surface area (Å²) >= 11 is 1.31. The molecule has 2 aliphatic heterocycles. The number of nitrogens with one attached hydrogen (secondary N) is 1. The molecule has 3 rings (SSSR count). The Morgan fingerprint density at radius 2 is 2.38 bits per heavy atom. The molecule has 2 N–H and O–H groups in total. The van der Waals surface area contributed by atoms with E-state index in [2.05, 4.69) is 16.9 Å². The van der Waals surface area contributed by atoms with Gasteiger partial charge in [-0.25, -0.2) is 9.78 Å². The van der Waals surface area contributed by atoms with Crippen LogP contribution in [-0.4, -0.2) is 67.3 Å². The highest BCUT2D eigenvalue weighted by Crippen LogP contribution is 2.46. The lowest BCUT2D eigenvalue weighted by Gasteiger charge is -2.58. The number of methoxy groups -OCH3 is 1. The van der Waals surface area contributed by atoms with Crippen molar-refractivity contribution in [3.8, 4) is 0 Å². The smallest absolute Gasteiger partial charge is 0.330 e. The van der Waals surface area contributed by atoms with Crippen LogP contribution in [-0.2, 0) is 25.7 Å². The molecular weight excluding hydrogens is 336 g/mol. The number of rotatable bonds is 5. The number of thioether (sulfide) groups is 1. The summed E-state index contributed by atoms with van der Waals surface area (Å²) < 4.78 is 6.87. The van der Waals surface area contributed by atoms with Crippen molar-refractivity contribution in [3.05, 3.63) is 30.9 Å². The number of aromatic nitrogens is 2. The molecule has 2 saturated heterocycles. The van der Waals surface area contributed by atoms with Crippen molar-refractivity contribution in [1.29, 1.82) is 0 Å². The zero-order valence-corrected chi connectivity index (χ0v) is 13.7. The van der Waals surface area contributed by atoms with Gasteiger partial charge in [0.2, 0.25) is 5.91 Å². The van der Waals surface area contributed by atoms with Crippen molar-refractivity contribution in [2.24, 2.45) is 0 Å². The second-order valence-electron chi connectivity index (χ2n) is 5.50. The lowest BCUT2D eigenvalue weighted by atomic mass is 9.95. The summed E-state index contributed by atoms with van der Waals surface area (Å²) in [6.45, 7) is 3.70. The molecule has 1 aromatic heterocycles. The molecule has 3 heterocycles. The van der Waals surface area contributed by atoms with Crippen LogP contribution in [0, 0.1) is 0 Å². The summed E-state index contributed by atoms with van der Waals surface area (Å²) in [6.07, 6.45) is 4.64. The van der Waals surface area contributed by atoms with Gasteiger partial charge in [0.1, 0.15) is 11.9 Å². The molecule has 0 spiro atoms. The van der Waals surface area contributed by atoms with Crippen molar-refractivity contribution < 1.29 is 24.2 Å². The van der Waals surface area contributed by atoms with Crippen LogP contribution in [0.15, 0.2) is 30.9 Å². The van der Waals surface area contributed by atoms with Gasteiger partial charge in [-0.1, -0.05) is 6.58 Å². The lowest BCUT2D eigenvalue weighted by Crippen LogP contribution is -2.83. The van der Waals surface area contributed by atoms with Crippen molar-refractivity contribution in [2.45, 2.75) is 23.7 Å². The molecule has 0 aliphatic carbocycles. The minimum Gasteiger partial charge on any atom is -0.479 e. The van der Waals surface area contributed by atoms with Crippen LogP contribution in [0.1, 0.15) is 0 Å². The lowest BCUT2D eigenvalue weighted by molar-refractivity contribution is -0.202. The molecule has 3 atom stereocenters. The van der Waals surface area contributed by atoms with E-state index >= 15 is 0 Å². The minimum absolute atomic E-state index is 0.0230. The summed E-state index contributed by atoms with van der Waals surface area (Å²) in [7, 11) is 1.31. The van der Waals surface area contributed by atoms with E-state index in [0.29, 0.717) is 11.3 Å². The van der Waals surface area contributed by atoms with E-state index in [4.69, 9.17) is 4.74 Å². The quantitative estimate of drug-likeness (QED) is 0.408. The monoisotopic (exact) mass is 352 g/mol. The zero-order valence-electron chi connectivity index (χ0n) is 12.8. The molecule has 1 aromatic rings. The summed E-state index contributed by atoms with van der Waals surface area (Å²) in [5.41, 5.74) is -1.12. The van der Waals surface area contributed by atoms with E-state index in [1.165, 1.54) is 36.3 Å². The summed E-state index contributed by atoms with van der Waals surface area (Å²) in [5, 5.41) is 11.3. The number of imidazole rings is 1. The number of β-lactam (4-membered cyclic amide) rings is 1. The largest absolute Gasteiger partial charge is 0.479 e. The number of aliphatic carboxylic acids is 1. The molecule has 24 heavy (non-hydrogen) atoms. The fourth-order valence-electron chi connectivity index (χ4n) is 2.89. The number of amides is 2. The fourth-order valence-corrected chi connectivity index (χ4v) is 4.28. The van der Waals surface area contributed by atoms with Gasteiger partial charge >= 0.3 is 5.97 Å². The van der Waals surface area contributed by atoms with Crippen molar-refractivity contribution in [3.63, 3.8) is 0 Å². The maximum atomic E-state index is 12.6. The molecular formula is C14H16N4O5S. The van der Waals surface area contributed by atoms with E-state index in [-0.39, 0.29) is 6.54 Å². The Morgan fingerprint density at radius 3 is 2.96 bits per heavy atom. The molecule has 0 radical (unpaired) electrons. The predicted molar refractivity (Wildman–Crippen MR) is 83.8 cm³/mol. The zero-order chi connectivity index (χ0) is 17.5. The summed E-state index contributed by atoms with van der Waals surface area (Å²) in [4.78, 5) is 41.3. The van der Waals surface area contributed by atoms with Crippen LogP contribution in [0.4, 0.5) is 0 Å². The van der Waals surface area contributed by atoms with Gasteiger partial charge in [-0.05, 0) is 5.57 Å². The van der Waals surface area contributed by atoms with Gasteiger partial charge in [0.25, 0.3) is 11.6 Å². The van der Waals surface area contributed by atoms with Crippen molar-refractivity contribution >= 4 is 29.5 Å². The highest BCUT2D eigenvalue weighted by Gasteiger charge is 2.67. The van der Waals surface area contributed by atoms with Gasteiger partial charge in [-0.2, -0.15) is 0 Å². The van der Waals surface area contributed by atoms with E-state index in [1.54, 1.807) is 10.8 Å².